The summed E-state index contributed by atoms with van der Waals surface area (Å²) in [4.78, 5) is 2.16. The van der Waals surface area contributed by atoms with Crippen molar-refractivity contribution >= 4 is 0 Å². The first-order chi connectivity index (χ1) is 3.66. The molecule has 0 saturated carbocycles. The number of likely N-dealkylation sites (N-methyl/N-ethyl adjacent to an activating group) is 1. The summed E-state index contributed by atoms with van der Waals surface area (Å²) in [6, 6.07) is 0. The van der Waals surface area contributed by atoms with Crippen LogP contribution in [-0.4, -0.2) is 25.5 Å². The first kappa shape index (κ1) is 12.0. The van der Waals surface area contributed by atoms with Crippen LogP contribution in [0, 0.1) is 0 Å². The van der Waals surface area contributed by atoms with E-state index >= 15 is 0 Å². The van der Waals surface area contributed by atoms with Gasteiger partial charge in [0.2, 0.25) is 0 Å². The summed E-state index contributed by atoms with van der Waals surface area (Å²) >= 11 is 0. The molecule has 0 rings (SSSR count). The van der Waals surface area contributed by atoms with E-state index in [2.05, 4.69) is 38.9 Å². The van der Waals surface area contributed by atoms with E-state index in [9.17, 15) is 0 Å². The summed E-state index contributed by atoms with van der Waals surface area (Å²) in [6.07, 6.45) is 2.14. The molecule has 9 heavy (non-hydrogen) atoms. The average Bonchev–Trinajstić information content (AvgIpc) is 1.65. The summed E-state index contributed by atoms with van der Waals surface area (Å²) in [5.41, 5.74) is 1.43. The molecule has 0 radical (unpaired) electrons. The largest absolute Gasteiger partial charge is 1.00 e. The van der Waals surface area contributed by atoms with Crippen LogP contribution in [0.2, 0.25) is 0 Å². The van der Waals surface area contributed by atoms with Crippen LogP contribution in [0.25, 0.3) is 0 Å². The summed E-state index contributed by atoms with van der Waals surface area (Å²) in [7, 11) is 4.15. The predicted molar refractivity (Wildman–Crippen MR) is 39.1 cm³/mol. The fourth-order valence-corrected chi connectivity index (χ4v) is 0.590. The predicted octanol–water partition coefficient (Wildman–Crippen LogP) is -1.37. The third-order valence-electron chi connectivity index (χ3n) is 1.06. The maximum Gasteiger partial charge on any atom is 1.00 e. The molecule has 0 aromatic carbocycles. The van der Waals surface area contributed by atoms with Gasteiger partial charge in [0.1, 0.15) is 0 Å². The van der Waals surface area contributed by atoms with Gasteiger partial charge >= 0.3 is 18.9 Å². The maximum absolute atomic E-state index is 2.16. The molecule has 2 heteroatoms. The molecule has 0 spiro atoms. The molecule has 0 amide bonds. The quantitative estimate of drug-likeness (QED) is 0.322. The number of hydrogen-bond donors (Lipinski definition) is 0. The van der Waals surface area contributed by atoms with Crippen molar-refractivity contribution in [2.24, 2.45) is 0 Å². The molecule has 0 saturated heterocycles. The minimum atomic E-state index is 0. The van der Waals surface area contributed by atoms with Crippen LogP contribution in [0.5, 0.6) is 0 Å². The molecular formula is C7H16LiN. The molecule has 0 heterocycles. The van der Waals surface area contributed by atoms with E-state index in [0.29, 0.717) is 0 Å². The molecule has 0 fully saturated rings. The summed E-state index contributed by atoms with van der Waals surface area (Å²) in [6.45, 7) is 5.29. The molecule has 50 valence electrons. The average molecular weight is 121 g/mol. The summed E-state index contributed by atoms with van der Waals surface area (Å²) < 4.78 is 0. The van der Waals surface area contributed by atoms with Gasteiger partial charge in [-0.05, 0) is 27.9 Å². The van der Waals surface area contributed by atoms with Gasteiger partial charge in [0, 0.05) is 6.54 Å². The molecule has 0 aliphatic heterocycles. The van der Waals surface area contributed by atoms with E-state index in [1.807, 2.05) is 0 Å². The van der Waals surface area contributed by atoms with Crippen molar-refractivity contribution < 1.29 is 20.3 Å². The van der Waals surface area contributed by atoms with Crippen LogP contribution in [0.3, 0.4) is 0 Å². The van der Waals surface area contributed by atoms with E-state index in [1.54, 1.807) is 0 Å². The molecule has 0 aliphatic rings. The van der Waals surface area contributed by atoms with Gasteiger partial charge in [0.05, 0.1) is 0 Å². The normalized spacial score (nSPS) is 11.4. The van der Waals surface area contributed by atoms with Crippen LogP contribution < -0.4 is 18.9 Å². The van der Waals surface area contributed by atoms with Crippen molar-refractivity contribution in [3.05, 3.63) is 11.6 Å². The number of allylic oxidation sites excluding steroid dienone is 1. The van der Waals surface area contributed by atoms with E-state index in [4.69, 9.17) is 0 Å². The Hall–Kier alpha value is 0.297. The summed E-state index contributed by atoms with van der Waals surface area (Å²) in [5.74, 6) is 0. The first-order valence-corrected chi connectivity index (χ1v) is 2.93. The van der Waals surface area contributed by atoms with Crippen molar-refractivity contribution in [3.63, 3.8) is 0 Å². The summed E-state index contributed by atoms with van der Waals surface area (Å²) in [5, 5.41) is 0. The van der Waals surface area contributed by atoms with Gasteiger partial charge in [0.25, 0.3) is 0 Å². The molecular weight excluding hydrogens is 105 g/mol. The van der Waals surface area contributed by atoms with Gasteiger partial charge in [-0.3, -0.25) is 0 Å². The molecule has 1 nitrogen and oxygen atoms in total. The van der Waals surface area contributed by atoms with E-state index in [0.717, 1.165) is 6.54 Å². The fraction of sp³-hybridized carbons (Fsp3) is 0.714. The Morgan fingerprint density at radius 1 is 1.56 bits per heavy atom. The van der Waals surface area contributed by atoms with E-state index in [1.165, 1.54) is 5.57 Å². The smallest absolute Gasteiger partial charge is 1.00 e. The van der Waals surface area contributed by atoms with Gasteiger partial charge in [-0.1, -0.05) is 11.6 Å². The van der Waals surface area contributed by atoms with Crippen molar-refractivity contribution in [1.29, 1.82) is 0 Å². The van der Waals surface area contributed by atoms with Crippen LogP contribution >= 0.6 is 0 Å². The molecule has 0 atom stereocenters. The Morgan fingerprint density at radius 3 is 2.11 bits per heavy atom. The standard InChI is InChI=1S/C7H15N.Li.H/c1-5-7(2)6-8(3)4;;/h5H,6H2,1-4H3;;/q;+1;-1. The Morgan fingerprint density at radius 2 is 2.00 bits per heavy atom. The second-order valence-electron chi connectivity index (χ2n) is 2.37. The monoisotopic (exact) mass is 121 g/mol. The maximum atomic E-state index is 2.16. The Labute approximate surface area is 71.8 Å². The number of hydrogen-bond acceptors (Lipinski definition) is 1. The molecule has 0 aliphatic carbocycles. The molecule has 0 aromatic heterocycles. The van der Waals surface area contributed by atoms with Crippen LogP contribution in [0.15, 0.2) is 11.6 Å². The van der Waals surface area contributed by atoms with E-state index in [-0.39, 0.29) is 20.3 Å². The second kappa shape index (κ2) is 6.42. The third kappa shape index (κ3) is 8.30. The van der Waals surface area contributed by atoms with Crippen molar-refractivity contribution in [3.8, 4) is 0 Å². The van der Waals surface area contributed by atoms with Crippen LogP contribution in [0.1, 0.15) is 15.3 Å². The van der Waals surface area contributed by atoms with Crippen LogP contribution in [-0.2, 0) is 0 Å². The zero-order valence-electron chi connectivity index (χ0n) is 8.23. The Kier molecular flexibility index (Phi) is 8.57. The zero-order valence-corrected chi connectivity index (χ0v) is 7.23. The minimum Gasteiger partial charge on any atom is -1.00 e. The first-order valence-electron chi connectivity index (χ1n) is 2.93. The van der Waals surface area contributed by atoms with Crippen molar-refractivity contribution in [1.82, 2.24) is 4.90 Å². The molecule has 0 unspecified atom stereocenters. The Balaban J connectivity index is -0.000000245. The SMILES string of the molecule is CC=C(C)CN(C)C.[H-].[Li+]. The van der Waals surface area contributed by atoms with Gasteiger partial charge in [-0.2, -0.15) is 0 Å². The van der Waals surface area contributed by atoms with Gasteiger partial charge in [-0.15, -0.1) is 0 Å². The number of rotatable bonds is 2. The number of nitrogens with zero attached hydrogens (tertiary/aromatic N) is 1. The van der Waals surface area contributed by atoms with Crippen molar-refractivity contribution in [2.75, 3.05) is 20.6 Å². The van der Waals surface area contributed by atoms with Crippen molar-refractivity contribution in [2.45, 2.75) is 13.8 Å². The van der Waals surface area contributed by atoms with Gasteiger partial charge < -0.3 is 6.33 Å². The van der Waals surface area contributed by atoms with Gasteiger partial charge in [0.15, 0.2) is 0 Å². The third-order valence-corrected chi connectivity index (χ3v) is 1.06. The van der Waals surface area contributed by atoms with E-state index < -0.39 is 0 Å². The van der Waals surface area contributed by atoms with Gasteiger partial charge in [-0.25, -0.2) is 0 Å². The molecule has 0 bridgehead atoms. The molecule has 0 N–H and O–H groups in total. The van der Waals surface area contributed by atoms with Crippen LogP contribution in [0.4, 0.5) is 0 Å². The Bertz CT molecular complexity index is 91.6. The topological polar surface area (TPSA) is 3.24 Å². The minimum absolute atomic E-state index is 0. The fourth-order valence-electron chi connectivity index (χ4n) is 0.590. The second-order valence-corrected chi connectivity index (χ2v) is 2.37. The zero-order chi connectivity index (χ0) is 6.57. The molecule has 0 aromatic rings.